The second kappa shape index (κ2) is 3.53. The van der Waals surface area contributed by atoms with Gasteiger partial charge in [0.15, 0.2) is 6.21 Å². The van der Waals surface area contributed by atoms with Crippen molar-refractivity contribution >= 4 is 23.9 Å². The van der Waals surface area contributed by atoms with E-state index in [9.17, 15) is 9.59 Å². The van der Waals surface area contributed by atoms with Gasteiger partial charge in [0.1, 0.15) is 5.69 Å². The van der Waals surface area contributed by atoms with Gasteiger partial charge in [0.25, 0.3) is 0 Å². The average Bonchev–Trinajstić information content (AvgIpc) is 2.27. The maximum Gasteiger partial charge on any atom is 0.537 e. The van der Waals surface area contributed by atoms with Gasteiger partial charge >= 0.3 is 12.0 Å². The van der Waals surface area contributed by atoms with Gasteiger partial charge in [-0.2, -0.15) is 4.79 Å². The minimum absolute atomic E-state index is 0.395. The molecule has 1 aliphatic rings. The largest absolute Gasteiger partial charge is 0.537 e. The highest BCUT2D eigenvalue weighted by Gasteiger charge is 2.21. The van der Waals surface area contributed by atoms with Crippen LogP contribution in [0.5, 0.6) is 0 Å². The fourth-order valence-electron chi connectivity index (χ4n) is 1.30. The Hall–Kier alpha value is -2.17. The zero-order chi connectivity index (χ0) is 10.8. The van der Waals surface area contributed by atoms with Crippen molar-refractivity contribution in [2.45, 2.75) is 0 Å². The Bertz CT molecular complexity index is 466. The highest BCUT2D eigenvalue weighted by atomic mass is 16.5. The molecule has 15 heavy (non-hydrogen) atoms. The fraction of sp³-hybridized carbons (Fsp3) is 0.100. The number of aliphatic imine (C=N–C) groups is 1. The van der Waals surface area contributed by atoms with Crippen LogP contribution in [0.4, 0.5) is 10.5 Å². The summed E-state index contributed by atoms with van der Waals surface area (Å²) in [5.41, 5.74) is 1.73. The molecule has 0 bridgehead atoms. The number of amides is 2. The minimum Gasteiger partial charge on any atom is -0.465 e. The van der Waals surface area contributed by atoms with Crippen LogP contribution in [0.2, 0.25) is 0 Å². The molecule has 0 fully saturated rings. The van der Waals surface area contributed by atoms with E-state index in [1.165, 1.54) is 13.3 Å². The number of carbonyl (C=O) groups excluding carboxylic acids is 2. The molecule has 5 nitrogen and oxygen atoms in total. The quantitative estimate of drug-likeness (QED) is 0.687. The Kier molecular flexibility index (Phi) is 2.21. The lowest BCUT2D eigenvalue weighted by atomic mass is 10.1. The zero-order valence-electron chi connectivity index (χ0n) is 7.98. The predicted octanol–water partition coefficient (Wildman–Crippen LogP) is 0.773. The Balaban J connectivity index is 2.42. The fourth-order valence-corrected chi connectivity index (χ4v) is 1.30. The number of esters is 1. The average molecular weight is 204 g/mol. The van der Waals surface area contributed by atoms with E-state index in [1.807, 2.05) is 0 Å². The lowest BCUT2D eigenvalue weighted by molar-refractivity contribution is 0.0600. The van der Waals surface area contributed by atoms with Crippen molar-refractivity contribution in [2.75, 3.05) is 12.4 Å². The predicted molar refractivity (Wildman–Crippen MR) is 54.1 cm³/mol. The second-order valence-corrected chi connectivity index (χ2v) is 2.98. The summed E-state index contributed by atoms with van der Waals surface area (Å²) in [6.45, 7) is 0. The number of benzene rings is 1. The number of hydrogen-bond acceptors (Lipinski definition) is 3. The molecular weight excluding hydrogens is 196 g/mol. The van der Waals surface area contributed by atoms with Crippen LogP contribution in [-0.4, -0.2) is 25.3 Å². The van der Waals surface area contributed by atoms with E-state index in [0.29, 0.717) is 11.3 Å². The van der Waals surface area contributed by atoms with Crippen molar-refractivity contribution in [1.82, 2.24) is 4.99 Å². The number of anilines is 1. The standard InChI is InChI=1S/C10H8N2O3/c1-15-9(13)6-2-3-7-5-11-10(14)12-8(7)4-6/h2-5H,1H3,(H,12,14)/q+1. The molecule has 1 heterocycles. The SMILES string of the molecule is COC(=O)c1ccc2c(c1)NC(=O)[N+]=C2. The summed E-state index contributed by atoms with van der Waals surface area (Å²) in [5, 5.41) is 2.53. The molecule has 1 radical (unpaired) electrons. The van der Waals surface area contributed by atoms with Crippen LogP contribution in [0.15, 0.2) is 18.2 Å². The molecule has 1 aliphatic heterocycles. The van der Waals surface area contributed by atoms with Gasteiger partial charge < -0.3 is 4.74 Å². The van der Waals surface area contributed by atoms with Crippen LogP contribution < -0.4 is 10.3 Å². The van der Waals surface area contributed by atoms with Crippen LogP contribution in [0.25, 0.3) is 0 Å². The summed E-state index contributed by atoms with van der Waals surface area (Å²) in [7, 11) is 1.31. The number of nitrogens with one attached hydrogen (secondary N) is 1. The molecule has 0 spiro atoms. The van der Waals surface area contributed by atoms with E-state index in [1.54, 1.807) is 18.2 Å². The van der Waals surface area contributed by atoms with Crippen molar-refractivity contribution < 1.29 is 14.3 Å². The number of nitrogens with zero attached hydrogens (tertiary/aromatic N) is 1. The van der Waals surface area contributed by atoms with Crippen molar-refractivity contribution in [3.05, 3.63) is 29.3 Å². The van der Waals surface area contributed by atoms with Gasteiger partial charge in [0.05, 0.1) is 18.2 Å². The lowest BCUT2D eigenvalue weighted by Crippen LogP contribution is -2.22. The molecule has 0 unspecified atom stereocenters. The van der Waals surface area contributed by atoms with E-state index in [-0.39, 0.29) is 0 Å². The first-order chi connectivity index (χ1) is 7.20. The third-order valence-corrected chi connectivity index (χ3v) is 2.04. The molecule has 0 saturated carbocycles. The number of carbonyl (C=O) groups is 2. The van der Waals surface area contributed by atoms with Crippen molar-refractivity contribution in [1.29, 1.82) is 0 Å². The first-order valence-electron chi connectivity index (χ1n) is 4.28. The summed E-state index contributed by atoms with van der Waals surface area (Å²) < 4.78 is 4.57. The van der Waals surface area contributed by atoms with Crippen LogP contribution in [-0.2, 0) is 4.74 Å². The molecule has 1 aromatic rings. The highest BCUT2D eigenvalue weighted by molar-refractivity contribution is 6.06. The number of hydrogen-bond donors (Lipinski definition) is 1. The number of methoxy groups -OCH3 is 1. The van der Waals surface area contributed by atoms with Crippen LogP contribution in [0, 0.1) is 0 Å². The Morgan fingerprint density at radius 3 is 3.00 bits per heavy atom. The third kappa shape index (κ3) is 1.71. The van der Waals surface area contributed by atoms with E-state index in [4.69, 9.17) is 0 Å². The van der Waals surface area contributed by atoms with Gasteiger partial charge in [-0.25, -0.2) is 10.1 Å². The normalized spacial score (nSPS) is 13.0. The van der Waals surface area contributed by atoms with Crippen LogP contribution >= 0.6 is 0 Å². The number of fused-ring (bicyclic) bond motifs is 1. The number of rotatable bonds is 1. The first kappa shape index (κ1) is 9.39. The molecule has 2 rings (SSSR count). The summed E-state index contributed by atoms with van der Waals surface area (Å²) in [5.74, 6) is -0.436. The van der Waals surface area contributed by atoms with Crippen LogP contribution in [0.1, 0.15) is 15.9 Å². The summed E-state index contributed by atoms with van der Waals surface area (Å²) in [6, 6.07) is 4.44. The molecule has 1 N–H and O–H groups in total. The van der Waals surface area contributed by atoms with Crippen molar-refractivity contribution in [3.8, 4) is 0 Å². The smallest absolute Gasteiger partial charge is 0.465 e. The summed E-state index contributed by atoms with van der Waals surface area (Å²) >= 11 is 0. The van der Waals surface area contributed by atoms with Gasteiger partial charge in [-0.1, -0.05) is 0 Å². The van der Waals surface area contributed by atoms with E-state index >= 15 is 0 Å². The van der Waals surface area contributed by atoms with Crippen LogP contribution in [0.3, 0.4) is 0 Å². The molecule has 0 aliphatic carbocycles. The van der Waals surface area contributed by atoms with Gasteiger partial charge in [-0.05, 0) is 17.1 Å². The van der Waals surface area contributed by atoms with Gasteiger partial charge in [0.2, 0.25) is 0 Å². The van der Waals surface area contributed by atoms with E-state index in [0.717, 1.165) is 5.56 Å². The second-order valence-electron chi connectivity index (χ2n) is 2.98. The van der Waals surface area contributed by atoms with Crippen molar-refractivity contribution in [3.63, 3.8) is 0 Å². The minimum atomic E-state index is -0.440. The first-order valence-corrected chi connectivity index (χ1v) is 4.28. The molecule has 75 valence electrons. The number of ether oxygens (including phenoxy) is 1. The topological polar surface area (TPSA) is 69.5 Å². The zero-order valence-corrected chi connectivity index (χ0v) is 7.98. The molecule has 2 amide bonds. The lowest BCUT2D eigenvalue weighted by Gasteiger charge is -2.04. The molecular formula is C10H8N2O3+. The Morgan fingerprint density at radius 1 is 1.47 bits per heavy atom. The maximum atomic E-state index is 11.2. The molecule has 5 heteroatoms. The molecule has 0 saturated heterocycles. The Labute approximate surface area is 85.8 Å². The molecule has 1 aromatic carbocycles. The summed E-state index contributed by atoms with van der Waals surface area (Å²) in [6.07, 6.45) is 1.45. The van der Waals surface area contributed by atoms with Gasteiger partial charge in [-0.3, -0.25) is 0 Å². The monoisotopic (exact) mass is 204 g/mol. The molecule has 0 atom stereocenters. The Morgan fingerprint density at radius 2 is 2.27 bits per heavy atom. The maximum absolute atomic E-state index is 11.2. The third-order valence-electron chi connectivity index (χ3n) is 2.04. The van der Waals surface area contributed by atoms with Crippen molar-refractivity contribution in [2.24, 2.45) is 0 Å². The highest BCUT2D eigenvalue weighted by Crippen LogP contribution is 2.18. The number of urea groups is 1. The van der Waals surface area contributed by atoms with E-state index < -0.39 is 12.0 Å². The van der Waals surface area contributed by atoms with Gasteiger partial charge in [0, 0.05) is 6.07 Å². The van der Waals surface area contributed by atoms with E-state index in [2.05, 4.69) is 15.0 Å². The molecule has 0 aromatic heterocycles. The summed E-state index contributed by atoms with van der Waals surface area (Å²) in [4.78, 5) is 25.7. The van der Waals surface area contributed by atoms with Gasteiger partial charge in [-0.15, -0.1) is 0 Å².